The van der Waals surface area contributed by atoms with Gasteiger partial charge in [-0.15, -0.1) is 0 Å². The maximum Gasteiger partial charge on any atom is 0.271 e. The molecule has 6 nitrogen and oxygen atoms in total. The van der Waals surface area contributed by atoms with E-state index in [0.29, 0.717) is 23.7 Å². The van der Waals surface area contributed by atoms with Crippen molar-refractivity contribution in [1.29, 1.82) is 0 Å². The van der Waals surface area contributed by atoms with Crippen LogP contribution >= 0.6 is 0 Å². The first-order chi connectivity index (χ1) is 10.1. The first-order valence-electron chi connectivity index (χ1n) is 6.70. The van der Waals surface area contributed by atoms with Crippen LogP contribution in [0.2, 0.25) is 0 Å². The molecule has 0 fully saturated rings. The number of para-hydroxylation sites is 2. The molecular weight excluding hydrogens is 270 g/mol. The van der Waals surface area contributed by atoms with Crippen molar-refractivity contribution in [2.75, 3.05) is 13.7 Å². The van der Waals surface area contributed by atoms with Crippen LogP contribution in [0, 0.1) is 6.92 Å². The molecule has 0 saturated carbocycles. The van der Waals surface area contributed by atoms with E-state index in [1.54, 1.807) is 13.2 Å². The second-order valence-corrected chi connectivity index (χ2v) is 4.73. The van der Waals surface area contributed by atoms with Gasteiger partial charge < -0.3 is 14.8 Å². The number of hydrogen-bond acceptors (Lipinski definition) is 4. The Kier molecular flexibility index (Phi) is 4.81. The molecule has 0 bridgehead atoms. The van der Waals surface area contributed by atoms with Crippen molar-refractivity contribution in [2.45, 2.75) is 20.0 Å². The topological polar surface area (TPSA) is 76.2 Å². The van der Waals surface area contributed by atoms with E-state index < -0.39 is 0 Å². The van der Waals surface area contributed by atoms with Crippen LogP contribution in [0.4, 0.5) is 0 Å². The van der Waals surface area contributed by atoms with E-state index in [2.05, 4.69) is 15.5 Å². The molecule has 1 atom stereocenters. The van der Waals surface area contributed by atoms with Gasteiger partial charge in [-0.25, -0.2) is 0 Å². The van der Waals surface area contributed by atoms with Crippen LogP contribution in [0.25, 0.3) is 0 Å². The Bertz CT molecular complexity index is 610. The highest BCUT2D eigenvalue weighted by Gasteiger charge is 2.12. The van der Waals surface area contributed by atoms with Crippen molar-refractivity contribution in [3.05, 3.63) is 41.7 Å². The summed E-state index contributed by atoms with van der Waals surface area (Å²) in [5, 5.41) is 9.42. The number of ether oxygens (including phenoxy) is 2. The Morgan fingerprint density at radius 2 is 2.10 bits per heavy atom. The molecule has 0 saturated heterocycles. The standard InChI is InChI=1S/C15H19N3O3/c1-10-8-12(18-17-10)15(19)16-9-11(2)21-14-7-5-4-6-13(14)20-3/h4-8,11H,9H2,1-3H3,(H,16,19)(H,17,18). The van der Waals surface area contributed by atoms with Gasteiger partial charge in [0.2, 0.25) is 0 Å². The molecule has 1 unspecified atom stereocenters. The van der Waals surface area contributed by atoms with E-state index in [9.17, 15) is 4.79 Å². The number of H-pyrrole nitrogens is 1. The van der Waals surface area contributed by atoms with Crippen LogP contribution < -0.4 is 14.8 Å². The van der Waals surface area contributed by atoms with Gasteiger partial charge >= 0.3 is 0 Å². The second kappa shape index (κ2) is 6.78. The van der Waals surface area contributed by atoms with Crippen molar-refractivity contribution in [1.82, 2.24) is 15.5 Å². The smallest absolute Gasteiger partial charge is 0.271 e. The van der Waals surface area contributed by atoms with E-state index in [4.69, 9.17) is 9.47 Å². The summed E-state index contributed by atoms with van der Waals surface area (Å²) in [6.45, 7) is 4.10. The van der Waals surface area contributed by atoms with Gasteiger partial charge in [0, 0.05) is 5.69 Å². The van der Waals surface area contributed by atoms with Crippen LogP contribution in [0.1, 0.15) is 23.1 Å². The molecule has 2 N–H and O–H groups in total. The maximum atomic E-state index is 11.9. The number of benzene rings is 1. The fourth-order valence-electron chi connectivity index (χ4n) is 1.84. The summed E-state index contributed by atoms with van der Waals surface area (Å²) in [5.41, 5.74) is 1.22. The minimum absolute atomic E-state index is 0.190. The highest BCUT2D eigenvalue weighted by molar-refractivity contribution is 5.92. The molecule has 0 aliphatic carbocycles. The Morgan fingerprint density at radius 1 is 1.38 bits per heavy atom. The first kappa shape index (κ1) is 14.9. The lowest BCUT2D eigenvalue weighted by atomic mass is 10.3. The molecule has 1 aromatic heterocycles. The number of aryl methyl sites for hydroxylation is 1. The summed E-state index contributed by atoms with van der Waals surface area (Å²) in [4.78, 5) is 11.9. The van der Waals surface area contributed by atoms with Crippen molar-refractivity contribution < 1.29 is 14.3 Å². The van der Waals surface area contributed by atoms with Crippen molar-refractivity contribution in [3.8, 4) is 11.5 Å². The van der Waals surface area contributed by atoms with Gasteiger partial charge in [-0.2, -0.15) is 5.10 Å². The number of carbonyl (C=O) groups excluding carboxylic acids is 1. The normalized spacial score (nSPS) is 11.8. The zero-order valence-corrected chi connectivity index (χ0v) is 12.3. The summed E-state index contributed by atoms with van der Waals surface area (Å²) in [7, 11) is 1.59. The Hall–Kier alpha value is -2.50. The zero-order valence-electron chi connectivity index (χ0n) is 12.3. The predicted octanol–water partition coefficient (Wildman–Crippen LogP) is 1.92. The van der Waals surface area contributed by atoms with Gasteiger partial charge in [-0.1, -0.05) is 12.1 Å². The van der Waals surface area contributed by atoms with E-state index in [-0.39, 0.29) is 12.0 Å². The fourth-order valence-corrected chi connectivity index (χ4v) is 1.84. The predicted molar refractivity (Wildman–Crippen MR) is 78.7 cm³/mol. The minimum atomic E-state index is -0.227. The van der Waals surface area contributed by atoms with Crippen LogP contribution in [0.3, 0.4) is 0 Å². The summed E-state index contributed by atoms with van der Waals surface area (Å²) in [6.07, 6.45) is -0.190. The minimum Gasteiger partial charge on any atom is -0.493 e. The monoisotopic (exact) mass is 289 g/mol. The number of nitrogens with one attached hydrogen (secondary N) is 2. The SMILES string of the molecule is COc1ccccc1OC(C)CNC(=O)c1cc(C)[nH]n1. The number of amides is 1. The van der Waals surface area contributed by atoms with Gasteiger partial charge in [0.05, 0.1) is 13.7 Å². The molecule has 2 rings (SSSR count). The van der Waals surface area contributed by atoms with E-state index in [1.165, 1.54) is 0 Å². The highest BCUT2D eigenvalue weighted by atomic mass is 16.5. The summed E-state index contributed by atoms with van der Waals surface area (Å²) in [6, 6.07) is 9.09. The van der Waals surface area contributed by atoms with Crippen LogP contribution in [-0.2, 0) is 0 Å². The second-order valence-electron chi connectivity index (χ2n) is 4.73. The largest absolute Gasteiger partial charge is 0.493 e. The Balaban J connectivity index is 1.87. The number of carbonyl (C=O) groups is 1. The molecule has 1 aromatic carbocycles. The molecular formula is C15H19N3O3. The van der Waals surface area contributed by atoms with Gasteiger partial charge in [0.1, 0.15) is 11.8 Å². The Labute approximate surface area is 123 Å². The maximum absolute atomic E-state index is 11.9. The molecule has 1 amide bonds. The summed E-state index contributed by atoms with van der Waals surface area (Å²) in [5.74, 6) is 1.09. The first-order valence-corrected chi connectivity index (χ1v) is 6.70. The number of methoxy groups -OCH3 is 1. The molecule has 112 valence electrons. The fraction of sp³-hybridized carbons (Fsp3) is 0.333. The average molecular weight is 289 g/mol. The number of rotatable bonds is 6. The van der Waals surface area contributed by atoms with Crippen molar-refractivity contribution in [2.24, 2.45) is 0 Å². The molecule has 2 aromatic rings. The van der Waals surface area contributed by atoms with E-state index >= 15 is 0 Å². The van der Waals surface area contributed by atoms with Gasteiger partial charge in [-0.05, 0) is 32.0 Å². The number of nitrogens with zero attached hydrogens (tertiary/aromatic N) is 1. The van der Waals surface area contributed by atoms with Crippen LogP contribution in [0.15, 0.2) is 30.3 Å². The lowest BCUT2D eigenvalue weighted by molar-refractivity contribution is 0.0926. The van der Waals surface area contributed by atoms with Crippen LogP contribution in [0.5, 0.6) is 11.5 Å². The highest BCUT2D eigenvalue weighted by Crippen LogP contribution is 2.26. The van der Waals surface area contributed by atoms with E-state index in [0.717, 1.165) is 5.69 Å². The number of aromatic amines is 1. The summed E-state index contributed by atoms with van der Waals surface area (Å²) < 4.78 is 11.0. The number of aromatic nitrogens is 2. The zero-order chi connectivity index (χ0) is 15.2. The molecule has 0 aliphatic heterocycles. The Morgan fingerprint density at radius 3 is 2.71 bits per heavy atom. The van der Waals surface area contributed by atoms with Crippen LogP contribution in [-0.4, -0.2) is 35.9 Å². The third kappa shape index (κ3) is 3.98. The van der Waals surface area contributed by atoms with Crippen molar-refractivity contribution >= 4 is 5.91 Å². The molecule has 0 spiro atoms. The lowest BCUT2D eigenvalue weighted by Gasteiger charge is -2.17. The number of hydrogen-bond donors (Lipinski definition) is 2. The molecule has 0 aliphatic rings. The van der Waals surface area contributed by atoms with E-state index in [1.807, 2.05) is 38.1 Å². The third-order valence-corrected chi connectivity index (χ3v) is 2.89. The lowest BCUT2D eigenvalue weighted by Crippen LogP contribution is -2.33. The van der Waals surface area contributed by atoms with Gasteiger partial charge in [-0.3, -0.25) is 9.89 Å². The average Bonchev–Trinajstić information content (AvgIpc) is 2.92. The quantitative estimate of drug-likeness (QED) is 0.852. The molecule has 1 heterocycles. The van der Waals surface area contributed by atoms with Gasteiger partial charge in [0.15, 0.2) is 11.5 Å². The molecule has 0 radical (unpaired) electrons. The summed E-state index contributed by atoms with van der Waals surface area (Å²) >= 11 is 0. The molecule has 21 heavy (non-hydrogen) atoms. The molecule has 6 heteroatoms. The third-order valence-electron chi connectivity index (χ3n) is 2.89. The van der Waals surface area contributed by atoms with Crippen molar-refractivity contribution in [3.63, 3.8) is 0 Å². The van der Waals surface area contributed by atoms with Gasteiger partial charge in [0.25, 0.3) is 5.91 Å².